The molecule has 0 atom stereocenters. The first-order chi connectivity index (χ1) is 18.9. The van der Waals surface area contributed by atoms with Gasteiger partial charge in [0.2, 0.25) is 0 Å². The van der Waals surface area contributed by atoms with E-state index < -0.39 is 5.41 Å². The molecule has 0 amide bonds. The summed E-state index contributed by atoms with van der Waals surface area (Å²) in [5, 5.41) is 10.9. The van der Waals surface area contributed by atoms with Gasteiger partial charge in [-0.3, -0.25) is 0 Å². The smallest absolute Gasteiger partial charge is 0.126 e. The van der Waals surface area contributed by atoms with Crippen LogP contribution in [-0.4, -0.2) is 58.6 Å². The van der Waals surface area contributed by atoms with Gasteiger partial charge in [0.1, 0.15) is 56.5 Å². The van der Waals surface area contributed by atoms with Gasteiger partial charge in [-0.1, -0.05) is 91.4 Å². The molecule has 3 rings (SSSR count). The Morgan fingerprint density at radius 1 is 0.575 bits per heavy atom. The van der Waals surface area contributed by atoms with E-state index in [1.807, 2.05) is 18.2 Å². The lowest BCUT2D eigenvalue weighted by molar-refractivity contribution is 0.323. The van der Waals surface area contributed by atoms with E-state index in [2.05, 4.69) is 27.7 Å². The van der Waals surface area contributed by atoms with Crippen molar-refractivity contribution in [1.29, 1.82) is 0 Å². The maximum atomic E-state index is 10.9. The highest BCUT2D eigenvalue weighted by molar-refractivity contribution is 6.40. The standard InChI is InChI=1S/C32H37B5O3/c1-7-31(8-2,17-19-11-21(33)15-26(36)28(19)38)24-13-23(35)14-25(30(24)40-6)32(9-3,10-4)18-20-12-22(34)16-27(37)29(20)39-5/h11-16,38H,7-10,17-18H2,1-6H3. The van der Waals surface area contributed by atoms with Gasteiger partial charge in [0, 0.05) is 22.0 Å². The van der Waals surface area contributed by atoms with Crippen LogP contribution in [0.25, 0.3) is 0 Å². The van der Waals surface area contributed by atoms with Crippen LogP contribution < -0.4 is 36.8 Å². The van der Waals surface area contributed by atoms with E-state index in [-0.39, 0.29) is 16.6 Å². The average Bonchev–Trinajstić information content (AvgIpc) is 2.92. The lowest BCUT2D eigenvalue weighted by atomic mass is 9.64. The molecule has 0 aromatic heterocycles. The van der Waals surface area contributed by atoms with Gasteiger partial charge >= 0.3 is 0 Å². The zero-order chi connectivity index (χ0) is 29.8. The summed E-state index contributed by atoms with van der Waals surface area (Å²) in [6, 6.07) is 11.1. The van der Waals surface area contributed by atoms with E-state index in [1.165, 1.54) is 0 Å². The molecule has 10 radical (unpaired) electrons. The lowest BCUT2D eigenvalue weighted by Gasteiger charge is -2.40. The number of phenols is 1. The van der Waals surface area contributed by atoms with Crippen molar-refractivity contribution in [1.82, 2.24) is 0 Å². The molecule has 198 valence electrons. The highest BCUT2D eigenvalue weighted by Gasteiger charge is 2.39. The normalized spacial score (nSPS) is 11.9. The molecule has 3 aromatic carbocycles. The van der Waals surface area contributed by atoms with Gasteiger partial charge in [-0.05, 0) is 49.7 Å². The van der Waals surface area contributed by atoms with Crippen molar-refractivity contribution in [2.24, 2.45) is 0 Å². The third-order valence-electron chi connectivity index (χ3n) is 8.88. The molecular formula is C32H37B5O3. The SMILES string of the molecule is [B]c1cc([B])c(O)c(CC(CC)(CC)c2cc([B])cc(C(CC)(CC)Cc3cc([B])cc([B])c3OC)c2OC)c1. The van der Waals surface area contributed by atoms with E-state index in [0.29, 0.717) is 46.0 Å². The summed E-state index contributed by atoms with van der Waals surface area (Å²) < 4.78 is 12.0. The van der Waals surface area contributed by atoms with Crippen LogP contribution >= 0.6 is 0 Å². The number of methoxy groups -OCH3 is 2. The van der Waals surface area contributed by atoms with Crippen molar-refractivity contribution < 1.29 is 14.6 Å². The van der Waals surface area contributed by atoms with Gasteiger partial charge in [-0.25, -0.2) is 0 Å². The Labute approximate surface area is 247 Å². The summed E-state index contributed by atoms with van der Waals surface area (Å²) in [6.45, 7) is 8.64. The minimum atomic E-state index is -0.403. The maximum Gasteiger partial charge on any atom is 0.126 e. The third kappa shape index (κ3) is 6.02. The van der Waals surface area contributed by atoms with Gasteiger partial charge in [0.25, 0.3) is 0 Å². The van der Waals surface area contributed by atoms with E-state index in [1.54, 1.807) is 32.4 Å². The summed E-state index contributed by atoms with van der Waals surface area (Å²) in [6.07, 6.45) is 4.35. The summed E-state index contributed by atoms with van der Waals surface area (Å²) in [7, 11) is 34.7. The van der Waals surface area contributed by atoms with E-state index in [9.17, 15) is 5.11 Å². The molecule has 0 heterocycles. The van der Waals surface area contributed by atoms with Crippen molar-refractivity contribution in [3.63, 3.8) is 0 Å². The average molecular weight is 524 g/mol. The molecule has 0 aliphatic heterocycles. The predicted octanol–water partition coefficient (Wildman–Crippen LogP) is 1.98. The van der Waals surface area contributed by atoms with Crippen LogP contribution in [0.1, 0.15) is 75.6 Å². The predicted molar refractivity (Wildman–Crippen MR) is 173 cm³/mol. The number of benzene rings is 3. The van der Waals surface area contributed by atoms with Crippen LogP contribution in [0.2, 0.25) is 0 Å². The quantitative estimate of drug-likeness (QED) is 0.369. The van der Waals surface area contributed by atoms with Crippen LogP contribution in [-0.2, 0) is 23.7 Å². The molecular weight excluding hydrogens is 486 g/mol. The van der Waals surface area contributed by atoms with Crippen molar-refractivity contribution in [3.8, 4) is 17.2 Å². The topological polar surface area (TPSA) is 38.7 Å². The summed E-state index contributed by atoms with van der Waals surface area (Å²) in [5.41, 5.74) is 5.44. The molecule has 1 N–H and O–H groups in total. The lowest BCUT2D eigenvalue weighted by Crippen LogP contribution is -2.35. The molecule has 0 saturated heterocycles. The van der Waals surface area contributed by atoms with Crippen molar-refractivity contribution in [2.75, 3.05) is 14.2 Å². The molecule has 0 aliphatic carbocycles. The molecule has 0 fully saturated rings. The van der Waals surface area contributed by atoms with Gasteiger partial charge in [-0.15, -0.1) is 0 Å². The first-order valence-electron chi connectivity index (χ1n) is 14.0. The Morgan fingerprint density at radius 2 is 0.975 bits per heavy atom. The van der Waals surface area contributed by atoms with Crippen molar-refractivity contribution in [2.45, 2.75) is 77.0 Å². The van der Waals surface area contributed by atoms with Gasteiger partial charge < -0.3 is 14.6 Å². The Balaban J connectivity index is 2.29. The van der Waals surface area contributed by atoms with Gasteiger partial charge in [0.05, 0.1) is 14.2 Å². The monoisotopic (exact) mass is 524 g/mol. The van der Waals surface area contributed by atoms with Crippen molar-refractivity contribution in [3.05, 3.63) is 58.7 Å². The number of aromatic hydroxyl groups is 1. The number of hydrogen-bond acceptors (Lipinski definition) is 3. The van der Waals surface area contributed by atoms with E-state index in [0.717, 1.165) is 48.1 Å². The molecule has 0 bridgehead atoms. The van der Waals surface area contributed by atoms with Crippen LogP contribution in [0.4, 0.5) is 0 Å². The molecule has 3 nitrogen and oxygen atoms in total. The third-order valence-corrected chi connectivity index (χ3v) is 8.88. The van der Waals surface area contributed by atoms with Crippen LogP contribution in [0, 0.1) is 0 Å². The Hall–Kier alpha value is -2.62. The van der Waals surface area contributed by atoms with Gasteiger partial charge in [0.15, 0.2) is 0 Å². The second-order valence-electron chi connectivity index (χ2n) is 10.9. The molecule has 0 unspecified atom stereocenters. The number of ether oxygens (including phenoxy) is 2. The second-order valence-corrected chi connectivity index (χ2v) is 10.9. The molecule has 0 saturated carbocycles. The maximum absolute atomic E-state index is 10.9. The fourth-order valence-electron chi connectivity index (χ4n) is 6.34. The molecule has 3 aromatic rings. The first-order valence-corrected chi connectivity index (χ1v) is 14.0. The zero-order valence-corrected chi connectivity index (χ0v) is 24.9. The Bertz CT molecular complexity index is 1350. The molecule has 0 aliphatic rings. The largest absolute Gasteiger partial charge is 0.508 e. The highest BCUT2D eigenvalue weighted by Crippen LogP contribution is 2.48. The number of hydrogen-bond donors (Lipinski definition) is 1. The minimum absolute atomic E-state index is 0.0615. The summed E-state index contributed by atoms with van der Waals surface area (Å²) in [5.74, 6) is 1.50. The molecule has 8 heteroatoms. The van der Waals surface area contributed by atoms with Crippen LogP contribution in [0.15, 0.2) is 36.4 Å². The Morgan fingerprint density at radius 3 is 1.43 bits per heavy atom. The van der Waals surface area contributed by atoms with Gasteiger partial charge in [-0.2, -0.15) is 0 Å². The first kappa shape index (κ1) is 31.9. The Kier molecular flexibility index (Phi) is 10.3. The summed E-state index contributed by atoms with van der Waals surface area (Å²) in [4.78, 5) is 0. The number of phenolic OH excluding ortho intramolecular Hbond substituents is 1. The fraction of sp³-hybridized carbons (Fsp3) is 0.438. The van der Waals surface area contributed by atoms with Crippen LogP contribution in [0.5, 0.6) is 17.2 Å². The summed E-state index contributed by atoms with van der Waals surface area (Å²) >= 11 is 0. The molecule has 40 heavy (non-hydrogen) atoms. The zero-order valence-electron chi connectivity index (χ0n) is 24.9. The second kappa shape index (κ2) is 12.9. The molecule has 0 spiro atoms. The van der Waals surface area contributed by atoms with Crippen molar-refractivity contribution >= 4 is 66.5 Å². The van der Waals surface area contributed by atoms with E-state index >= 15 is 0 Å². The highest BCUT2D eigenvalue weighted by atomic mass is 16.5. The van der Waals surface area contributed by atoms with Crippen LogP contribution in [0.3, 0.4) is 0 Å². The fourth-order valence-corrected chi connectivity index (χ4v) is 6.34. The minimum Gasteiger partial charge on any atom is -0.508 e. The number of rotatable bonds is 12. The van der Waals surface area contributed by atoms with E-state index in [4.69, 9.17) is 48.7 Å².